The van der Waals surface area contributed by atoms with Crippen LogP contribution < -0.4 is 5.32 Å². The number of alkyl halides is 1. The molecule has 0 aliphatic heterocycles. The van der Waals surface area contributed by atoms with Crippen LogP contribution in [0.25, 0.3) is 0 Å². The van der Waals surface area contributed by atoms with E-state index in [1.165, 1.54) is 0 Å². The number of phosphoric acid groups is 2. The third-order valence-electron chi connectivity index (χ3n) is 11.5. The van der Waals surface area contributed by atoms with Gasteiger partial charge in [0.05, 0.1) is 11.9 Å². The van der Waals surface area contributed by atoms with E-state index in [1.54, 1.807) is 0 Å². The first-order chi connectivity index (χ1) is 19.6. The first-order valence-electron chi connectivity index (χ1n) is 15.0. The predicted molar refractivity (Wildman–Crippen MR) is 152 cm³/mol. The lowest BCUT2D eigenvalue weighted by molar-refractivity contribution is -0.262. The Morgan fingerprint density at radius 3 is 2.26 bits per heavy atom. The van der Waals surface area contributed by atoms with Gasteiger partial charge in [0.25, 0.3) is 10.1 Å². The second-order valence-corrected chi connectivity index (χ2v) is 17.8. The van der Waals surface area contributed by atoms with E-state index in [4.69, 9.17) is 13.6 Å². The number of rotatable bonds is 11. The minimum atomic E-state index is -5.24. The summed E-state index contributed by atoms with van der Waals surface area (Å²) in [7, 11) is -14.2. The van der Waals surface area contributed by atoms with Crippen molar-refractivity contribution in [3.63, 3.8) is 0 Å². The highest BCUT2D eigenvalue weighted by Gasteiger charge is 2.69. The molecular weight excluding hydrogens is 631 g/mol. The van der Waals surface area contributed by atoms with E-state index in [2.05, 4.69) is 19.2 Å². The van der Waals surface area contributed by atoms with Gasteiger partial charge in [-0.3, -0.25) is 13.9 Å². The van der Waals surface area contributed by atoms with Crippen LogP contribution in [-0.2, 0) is 33.1 Å². The lowest BCUT2D eigenvalue weighted by Crippen LogP contribution is -2.62. The van der Waals surface area contributed by atoms with Gasteiger partial charge in [-0.15, -0.1) is 0 Å². The molecule has 17 heteroatoms. The second kappa shape index (κ2) is 12.3. The van der Waals surface area contributed by atoms with Crippen molar-refractivity contribution >= 4 is 31.7 Å². The maximum absolute atomic E-state index is 17.2. The smallest absolute Gasteiger partial charge is 0.355 e. The maximum atomic E-state index is 17.2. The standard InChI is InChI=1S/C26H46FNO12P2S/c1-16(4-7-22(29)28-12-13-43(36,37)38)19-5-6-20-23-21(9-11-25(19,20)3)24(2)10-8-18(39-41(30,31)32)14-17(24)15-26(23,27)40-42(33,34)35/h16-21,23H,4-15H2,1-3H3,(H,28,29)(H2,30,31,32)(H2,33,34,35)(H,36,37,38). The zero-order valence-electron chi connectivity index (χ0n) is 24.8. The maximum Gasteiger partial charge on any atom is 0.472 e. The molecule has 0 bridgehead atoms. The monoisotopic (exact) mass is 677 g/mol. The van der Waals surface area contributed by atoms with Gasteiger partial charge in [-0.25, -0.2) is 18.0 Å². The van der Waals surface area contributed by atoms with Crippen molar-refractivity contribution in [1.82, 2.24) is 5.32 Å². The summed E-state index contributed by atoms with van der Waals surface area (Å²) in [6, 6.07) is 0. The van der Waals surface area contributed by atoms with Crippen molar-refractivity contribution in [2.24, 2.45) is 46.3 Å². The topological polar surface area (TPSA) is 217 Å². The molecule has 10 unspecified atom stereocenters. The molecule has 4 aliphatic rings. The van der Waals surface area contributed by atoms with Crippen LogP contribution in [0.2, 0.25) is 0 Å². The van der Waals surface area contributed by atoms with Gasteiger partial charge in [0.1, 0.15) is 0 Å². The molecule has 0 radical (unpaired) electrons. The summed E-state index contributed by atoms with van der Waals surface area (Å²) < 4.78 is 81.5. The van der Waals surface area contributed by atoms with Gasteiger partial charge >= 0.3 is 15.6 Å². The van der Waals surface area contributed by atoms with Crippen molar-refractivity contribution in [2.45, 2.75) is 96.9 Å². The van der Waals surface area contributed by atoms with Crippen molar-refractivity contribution < 1.29 is 59.9 Å². The normalized spacial score (nSPS) is 40.7. The third kappa shape index (κ3) is 7.92. The Bertz CT molecular complexity index is 1260. The largest absolute Gasteiger partial charge is 0.472 e. The molecule has 10 atom stereocenters. The summed E-state index contributed by atoms with van der Waals surface area (Å²) in [6.07, 6.45) is 3.36. The van der Waals surface area contributed by atoms with Gasteiger partial charge in [-0.1, -0.05) is 20.8 Å². The number of amides is 1. The molecular formula is C26H46FNO12P2S. The van der Waals surface area contributed by atoms with Gasteiger partial charge in [-0.2, -0.15) is 8.42 Å². The molecule has 0 aromatic heterocycles. The minimum absolute atomic E-state index is 0.0581. The average Bonchev–Trinajstić information content (AvgIpc) is 3.17. The molecule has 4 fully saturated rings. The fraction of sp³-hybridized carbons (Fsp3) is 0.962. The molecule has 0 saturated heterocycles. The molecule has 4 saturated carbocycles. The average molecular weight is 678 g/mol. The highest BCUT2D eigenvalue weighted by Crippen LogP contribution is 2.72. The van der Waals surface area contributed by atoms with Crippen LogP contribution in [0.1, 0.15) is 85.0 Å². The van der Waals surface area contributed by atoms with Crippen LogP contribution in [0.3, 0.4) is 0 Å². The number of hydrogen-bond donors (Lipinski definition) is 6. The Kier molecular flexibility index (Phi) is 10.1. The second-order valence-electron chi connectivity index (χ2n) is 13.9. The zero-order valence-corrected chi connectivity index (χ0v) is 27.4. The van der Waals surface area contributed by atoms with Crippen LogP contribution in [-0.4, -0.2) is 62.7 Å². The van der Waals surface area contributed by atoms with Crippen molar-refractivity contribution in [1.29, 1.82) is 0 Å². The number of nitrogens with one attached hydrogen (secondary N) is 1. The zero-order chi connectivity index (χ0) is 32.2. The number of fused-ring (bicyclic) bond motifs is 5. The van der Waals surface area contributed by atoms with Crippen LogP contribution >= 0.6 is 15.6 Å². The summed E-state index contributed by atoms with van der Waals surface area (Å²) in [6.45, 7) is 6.00. The molecule has 0 aromatic carbocycles. The fourth-order valence-corrected chi connectivity index (χ4v) is 11.2. The molecule has 43 heavy (non-hydrogen) atoms. The summed E-state index contributed by atoms with van der Waals surface area (Å²) in [4.78, 5) is 50.6. The molecule has 4 rings (SSSR count). The van der Waals surface area contributed by atoms with E-state index in [-0.39, 0.29) is 60.8 Å². The van der Waals surface area contributed by atoms with Gasteiger partial charge < -0.3 is 24.9 Å². The van der Waals surface area contributed by atoms with Crippen molar-refractivity contribution in [2.75, 3.05) is 12.3 Å². The van der Waals surface area contributed by atoms with Crippen molar-refractivity contribution in [3.05, 3.63) is 0 Å². The summed E-state index contributed by atoms with van der Waals surface area (Å²) in [5.41, 5.74) is -0.806. The van der Waals surface area contributed by atoms with Gasteiger partial charge in [0, 0.05) is 25.3 Å². The molecule has 6 N–H and O–H groups in total. The Hall–Kier alpha value is -0.470. The van der Waals surface area contributed by atoms with E-state index < -0.39 is 60.7 Å². The van der Waals surface area contributed by atoms with Crippen LogP contribution in [0, 0.1) is 46.3 Å². The van der Waals surface area contributed by atoms with E-state index in [1.807, 2.05) is 6.92 Å². The molecule has 13 nitrogen and oxygen atoms in total. The van der Waals surface area contributed by atoms with E-state index in [0.717, 1.165) is 12.8 Å². The Labute approximate surface area is 252 Å². The fourth-order valence-electron chi connectivity index (χ4n) is 9.67. The summed E-state index contributed by atoms with van der Waals surface area (Å²) in [5.74, 6) is -5.13. The Morgan fingerprint density at radius 2 is 1.65 bits per heavy atom. The molecule has 0 heterocycles. The van der Waals surface area contributed by atoms with Gasteiger partial charge in [-0.05, 0) is 91.8 Å². The lowest BCUT2D eigenvalue weighted by Gasteiger charge is -2.64. The number of hydrogen-bond acceptors (Lipinski definition) is 7. The van der Waals surface area contributed by atoms with Crippen LogP contribution in [0.5, 0.6) is 0 Å². The van der Waals surface area contributed by atoms with E-state index in [9.17, 15) is 41.9 Å². The van der Waals surface area contributed by atoms with Crippen molar-refractivity contribution in [3.8, 4) is 0 Å². The quantitative estimate of drug-likeness (QED) is 0.135. The molecule has 0 aromatic rings. The van der Waals surface area contributed by atoms with E-state index in [0.29, 0.717) is 32.1 Å². The number of halogens is 1. The summed E-state index contributed by atoms with van der Waals surface area (Å²) >= 11 is 0. The Balaban J connectivity index is 1.53. The first kappa shape index (κ1) is 35.4. The SMILES string of the molecule is CC(CCC(=O)NCCS(=O)(=O)O)C1CCC2C3C(CCC12C)C1(C)CCC(OP(=O)(O)O)CC1CC3(F)OP(=O)(O)O. The molecule has 0 spiro atoms. The molecule has 250 valence electrons. The Morgan fingerprint density at radius 1 is 1.02 bits per heavy atom. The van der Waals surface area contributed by atoms with E-state index >= 15 is 4.39 Å². The first-order valence-corrected chi connectivity index (χ1v) is 19.6. The van der Waals surface area contributed by atoms with Gasteiger partial charge in [0.2, 0.25) is 11.8 Å². The van der Waals surface area contributed by atoms with Crippen LogP contribution in [0.15, 0.2) is 0 Å². The van der Waals surface area contributed by atoms with Crippen LogP contribution in [0.4, 0.5) is 4.39 Å². The highest BCUT2D eigenvalue weighted by atomic mass is 32.2. The minimum Gasteiger partial charge on any atom is -0.355 e. The lowest BCUT2D eigenvalue weighted by atomic mass is 9.43. The number of carbonyl (C=O) groups excluding carboxylic acids is 1. The molecule has 4 aliphatic carbocycles. The summed E-state index contributed by atoms with van der Waals surface area (Å²) in [5, 5.41) is 2.50. The van der Waals surface area contributed by atoms with Gasteiger partial charge in [0.15, 0.2) is 0 Å². The number of carbonyl (C=O) groups is 1. The molecule has 1 amide bonds. The third-order valence-corrected chi connectivity index (χ3v) is 13.3. The number of phosphoric ester groups is 2. The highest BCUT2D eigenvalue weighted by molar-refractivity contribution is 7.85. The predicted octanol–water partition coefficient (Wildman–Crippen LogP) is 3.93.